The molecule has 23 heavy (non-hydrogen) atoms. The molecule has 0 bridgehead atoms. The van der Waals surface area contributed by atoms with Gasteiger partial charge in [0.1, 0.15) is 17.5 Å². The zero-order valence-corrected chi connectivity index (χ0v) is 12.5. The first-order valence-corrected chi connectivity index (χ1v) is 7.43. The van der Waals surface area contributed by atoms with Gasteiger partial charge in [0.15, 0.2) is 0 Å². The van der Waals surface area contributed by atoms with E-state index in [4.69, 9.17) is 0 Å². The van der Waals surface area contributed by atoms with E-state index in [2.05, 4.69) is 30.8 Å². The number of rotatable bonds is 4. The molecule has 2 heterocycles. The van der Waals surface area contributed by atoms with Crippen LogP contribution in [0.1, 0.15) is 25.1 Å². The Hall–Kier alpha value is -2.95. The summed E-state index contributed by atoms with van der Waals surface area (Å²) in [6.45, 7) is 1.89. The molecule has 1 aromatic carbocycles. The van der Waals surface area contributed by atoms with Crippen molar-refractivity contribution in [3.8, 4) is 6.07 Å². The lowest BCUT2D eigenvalue weighted by Gasteiger charge is -2.30. The Morgan fingerprint density at radius 3 is 2.87 bits per heavy atom. The normalized spacial score (nSPS) is 15.3. The van der Waals surface area contributed by atoms with E-state index in [-0.39, 0.29) is 17.2 Å². The summed E-state index contributed by atoms with van der Waals surface area (Å²) in [6.07, 6.45) is 4.93. The molecule has 8 heteroatoms. The van der Waals surface area contributed by atoms with Gasteiger partial charge in [-0.1, -0.05) is 0 Å². The molecule has 1 aliphatic heterocycles. The first-order valence-electron chi connectivity index (χ1n) is 7.43. The largest absolute Gasteiger partial charge is 0.370 e. The molecule has 0 atom stereocenters. The number of nitrogens with one attached hydrogen (secondary N) is 2. The Balaban J connectivity index is 1.87. The number of H-pyrrole nitrogens is 1. The van der Waals surface area contributed by atoms with Gasteiger partial charge in [0.2, 0.25) is 5.82 Å². The number of anilines is 2. The zero-order valence-electron chi connectivity index (χ0n) is 12.5. The number of hydrogen-bond donors (Lipinski definition) is 2. The summed E-state index contributed by atoms with van der Waals surface area (Å²) in [5.41, 5.74) is 1.75. The maximum absolute atomic E-state index is 13.6. The Labute approximate surface area is 132 Å². The standard InChI is InChI=1S/C15H16FN7/c16-12-4-5-14(23-6-2-1-3-7-23)13(8-12)18-10-11(9-17)15-19-21-22-20-15/h4-5,8,10,18H,1-3,6-7H2,(H,19,20,21,22). The van der Waals surface area contributed by atoms with Crippen molar-refractivity contribution >= 4 is 16.9 Å². The number of allylic oxidation sites excluding steroid dienone is 1. The lowest BCUT2D eigenvalue weighted by molar-refractivity contribution is 0.577. The molecule has 1 aromatic heterocycles. The highest BCUT2D eigenvalue weighted by molar-refractivity contribution is 5.77. The molecule has 1 aliphatic rings. The van der Waals surface area contributed by atoms with Crippen molar-refractivity contribution in [1.82, 2.24) is 20.6 Å². The molecule has 1 fully saturated rings. The number of nitrogens with zero attached hydrogens (tertiary/aromatic N) is 5. The van der Waals surface area contributed by atoms with Crippen molar-refractivity contribution in [2.24, 2.45) is 0 Å². The first-order chi connectivity index (χ1) is 11.3. The van der Waals surface area contributed by atoms with Crippen molar-refractivity contribution in [3.05, 3.63) is 36.0 Å². The number of piperidine rings is 1. The van der Waals surface area contributed by atoms with E-state index in [9.17, 15) is 9.65 Å². The smallest absolute Gasteiger partial charge is 0.216 e. The molecule has 0 amide bonds. The second kappa shape index (κ2) is 6.87. The Morgan fingerprint density at radius 2 is 2.17 bits per heavy atom. The van der Waals surface area contributed by atoms with Gasteiger partial charge >= 0.3 is 0 Å². The van der Waals surface area contributed by atoms with Crippen LogP contribution in [0.25, 0.3) is 5.57 Å². The van der Waals surface area contributed by atoms with Crippen LogP contribution in [0.3, 0.4) is 0 Å². The molecule has 0 spiro atoms. The fraction of sp³-hybridized carbons (Fsp3) is 0.333. The molecule has 118 valence electrons. The van der Waals surface area contributed by atoms with E-state index in [0.29, 0.717) is 5.69 Å². The van der Waals surface area contributed by atoms with Crippen LogP contribution in [0.2, 0.25) is 0 Å². The predicted octanol–water partition coefficient (Wildman–Crippen LogP) is 2.31. The van der Waals surface area contributed by atoms with Gasteiger partial charge in [0.05, 0.1) is 11.4 Å². The third-order valence-electron chi connectivity index (χ3n) is 3.73. The number of benzene rings is 1. The van der Waals surface area contributed by atoms with Gasteiger partial charge in [-0.25, -0.2) is 4.39 Å². The van der Waals surface area contributed by atoms with Gasteiger partial charge in [-0.3, -0.25) is 0 Å². The lowest BCUT2D eigenvalue weighted by atomic mass is 10.1. The Morgan fingerprint density at radius 1 is 1.35 bits per heavy atom. The van der Waals surface area contributed by atoms with Crippen LogP contribution in [0, 0.1) is 17.1 Å². The van der Waals surface area contributed by atoms with Gasteiger partial charge in [0, 0.05) is 19.3 Å². The molecule has 0 aliphatic carbocycles. The average molecular weight is 313 g/mol. The van der Waals surface area contributed by atoms with Crippen molar-refractivity contribution in [2.45, 2.75) is 19.3 Å². The van der Waals surface area contributed by atoms with Crippen molar-refractivity contribution in [3.63, 3.8) is 0 Å². The summed E-state index contributed by atoms with van der Waals surface area (Å²) >= 11 is 0. The molecule has 7 nitrogen and oxygen atoms in total. The number of aromatic amines is 1. The summed E-state index contributed by atoms with van der Waals surface area (Å²) in [6, 6.07) is 6.63. The van der Waals surface area contributed by atoms with Gasteiger partial charge in [-0.15, -0.1) is 10.2 Å². The topological polar surface area (TPSA) is 93.5 Å². The van der Waals surface area contributed by atoms with E-state index in [0.717, 1.165) is 31.6 Å². The summed E-state index contributed by atoms with van der Waals surface area (Å²) in [5, 5.41) is 25.4. The third kappa shape index (κ3) is 3.45. The van der Waals surface area contributed by atoms with Gasteiger partial charge in [-0.2, -0.15) is 10.5 Å². The predicted molar refractivity (Wildman–Crippen MR) is 83.9 cm³/mol. The van der Waals surface area contributed by atoms with Gasteiger partial charge in [-0.05, 0) is 42.7 Å². The number of tetrazole rings is 1. The molecule has 1 saturated heterocycles. The zero-order chi connectivity index (χ0) is 16.1. The van der Waals surface area contributed by atoms with Crippen molar-refractivity contribution < 1.29 is 4.39 Å². The summed E-state index contributed by atoms with van der Waals surface area (Å²) in [7, 11) is 0. The highest BCUT2D eigenvalue weighted by atomic mass is 19.1. The Kier molecular flexibility index (Phi) is 4.47. The van der Waals surface area contributed by atoms with E-state index in [1.54, 1.807) is 6.07 Å². The van der Waals surface area contributed by atoms with Crippen molar-refractivity contribution in [1.29, 1.82) is 5.26 Å². The maximum Gasteiger partial charge on any atom is 0.216 e. The molecular formula is C15H16FN7. The first kappa shape index (κ1) is 15.0. The number of aromatic nitrogens is 4. The number of halogens is 1. The molecule has 0 saturated carbocycles. The van der Waals surface area contributed by atoms with Crippen LogP contribution in [0.15, 0.2) is 24.4 Å². The fourth-order valence-electron chi connectivity index (χ4n) is 2.61. The highest BCUT2D eigenvalue weighted by Crippen LogP contribution is 2.29. The molecule has 3 rings (SSSR count). The van der Waals surface area contributed by atoms with Crippen LogP contribution in [-0.4, -0.2) is 33.7 Å². The van der Waals surface area contributed by atoms with Gasteiger partial charge in [0.25, 0.3) is 0 Å². The highest BCUT2D eigenvalue weighted by Gasteiger charge is 2.15. The number of nitriles is 1. The van der Waals surface area contributed by atoms with Crippen molar-refractivity contribution in [2.75, 3.05) is 23.3 Å². The van der Waals surface area contributed by atoms with E-state index < -0.39 is 0 Å². The monoisotopic (exact) mass is 313 g/mol. The van der Waals surface area contributed by atoms with Crippen LogP contribution >= 0.6 is 0 Å². The van der Waals surface area contributed by atoms with Gasteiger partial charge < -0.3 is 10.2 Å². The fourth-order valence-corrected chi connectivity index (χ4v) is 2.61. The van der Waals surface area contributed by atoms with Crippen LogP contribution in [0.5, 0.6) is 0 Å². The maximum atomic E-state index is 13.6. The summed E-state index contributed by atoms with van der Waals surface area (Å²) < 4.78 is 13.6. The Bertz CT molecular complexity index is 727. The molecular weight excluding hydrogens is 297 g/mol. The van der Waals surface area contributed by atoms with E-state index in [1.807, 2.05) is 6.07 Å². The summed E-state index contributed by atoms with van der Waals surface area (Å²) in [5.74, 6) is -0.143. The minimum atomic E-state index is -0.334. The third-order valence-corrected chi connectivity index (χ3v) is 3.73. The quantitative estimate of drug-likeness (QED) is 0.841. The van der Waals surface area contributed by atoms with Crippen LogP contribution in [-0.2, 0) is 0 Å². The minimum Gasteiger partial charge on any atom is -0.370 e. The summed E-state index contributed by atoms with van der Waals surface area (Å²) in [4.78, 5) is 2.22. The molecule has 0 radical (unpaired) electrons. The number of hydrogen-bond acceptors (Lipinski definition) is 6. The van der Waals surface area contributed by atoms with E-state index >= 15 is 0 Å². The average Bonchev–Trinajstić information content (AvgIpc) is 3.11. The SMILES string of the molecule is N#CC(=CNc1cc(F)ccc1N1CCCCC1)c1nn[nH]n1. The molecule has 0 unspecified atom stereocenters. The lowest BCUT2D eigenvalue weighted by Crippen LogP contribution is -2.29. The second-order valence-electron chi connectivity index (χ2n) is 5.26. The van der Waals surface area contributed by atoms with Crippen LogP contribution < -0.4 is 10.2 Å². The molecule has 2 N–H and O–H groups in total. The molecule has 2 aromatic rings. The minimum absolute atomic E-state index is 0.191. The van der Waals surface area contributed by atoms with Crippen LogP contribution in [0.4, 0.5) is 15.8 Å². The van der Waals surface area contributed by atoms with E-state index in [1.165, 1.54) is 24.8 Å². The second-order valence-corrected chi connectivity index (χ2v) is 5.26.